The fourth-order valence-corrected chi connectivity index (χ4v) is 0.920. The van der Waals surface area contributed by atoms with Crippen LogP contribution in [0.1, 0.15) is 6.92 Å². The largest absolute Gasteiger partial charge is 0.478 e. The highest BCUT2D eigenvalue weighted by molar-refractivity contribution is 5.87. The number of carboxylic acids is 1. The number of likely N-dealkylation sites (N-methyl/N-ethyl adjacent to an activating group) is 1. The smallest absolute Gasteiger partial charge is 0.333 e. The molecule has 0 amide bonds. The molecule has 0 aliphatic carbocycles. The Balaban J connectivity index is 2.82. The molecule has 1 aliphatic rings. The molecule has 3 nitrogen and oxygen atoms in total. The third-order valence-electron chi connectivity index (χ3n) is 1.81. The predicted molar refractivity (Wildman–Crippen MR) is 42.1 cm³/mol. The number of nitrogens with zero attached hydrogens (tertiary/aromatic N) is 1. The van der Waals surface area contributed by atoms with Gasteiger partial charge in [-0.05, 0) is 19.1 Å². The maximum atomic E-state index is 10.5. The number of rotatable bonds is 1. The Labute approximate surface area is 65.6 Å². The third-order valence-corrected chi connectivity index (χ3v) is 1.81. The first kappa shape index (κ1) is 7.85. The van der Waals surface area contributed by atoms with Crippen LogP contribution in [0.2, 0.25) is 0 Å². The molecule has 0 spiro atoms. The lowest BCUT2D eigenvalue weighted by molar-refractivity contribution is -0.132. The quantitative estimate of drug-likeness (QED) is 0.607. The van der Waals surface area contributed by atoms with Crippen molar-refractivity contribution in [2.45, 2.75) is 6.92 Å². The van der Waals surface area contributed by atoms with Crippen molar-refractivity contribution < 1.29 is 9.90 Å². The number of aliphatic carboxylic acids is 1. The topological polar surface area (TPSA) is 40.5 Å². The number of hydrogen-bond donors (Lipinski definition) is 1. The molecule has 0 aromatic carbocycles. The molecular weight excluding hydrogens is 142 g/mol. The zero-order valence-corrected chi connectivity index (χ0v) is 6.66. The standard InChI is InChI=1S/C8H11NO2/c1-6-3-4-7(8(10)11)5-9(6)2/h3-4H,5H2,1-2H3,(H,10,11). The van der Waals surface area contributed by atoms with E-state index in [-0.39, 0.29) is 0 Å². The van der Waals surface area contributed by atoms with Crippen LogP contribution >= 0.6 is 0 Å². The van der Waals surface area contributed by atoms with E-state index in [2.05, 4.69) is 0 Å². The maximum Gasteiger partial charge on any atom is 0.333 e. The van der Waals surface area contributed by atoms with E-state index in [4.69, 9.17) is 5.11 Å². The molecule has 0 aromatic rings. The number of hydrogen-bond acceptors (Lipinski definition) is 2. The Morgan fingerprint density at radius 2 is 2.27 bits per heavy atom. The highest BCUT2D eigenvalue weighted by Crippen LogP contribution is 2.11. The van der Waals surface area contributed by atoms with Crippen LogP contribution < -0.4 is 0 Å². The molecule has 11 heavy (non-hydrogen) atoms. The lowest BCUT2D eigenvalue weighted by atomic mass is 10.1. The minimum atomic E-state index is -0.833. The SMILES string of the molecule is CC1=CC=C(C(=O)O)CN1C. The van der Waals surface area contributed by atoms with E-state index in [0.717, 1.165) is 5.70 Å². The second-order valence-corrected chi connectivity index (χ2v) is 2.66. The highest BCUT2D eigenvalue weighted by atomic mass is 16.4. The fraction of sp³-hybridized carbons (Fsp3) is 0.375. The van der Waals surface area contributed by atoms with Gasteiger partial charge in [0.2, 0.25) is 0 Å². The van der Waals surface area contributed by atoms with Crippen LogP contribution in [0.3, 0.4) is 0 Å². The number of carbonyl (C=O) groups is 1. The van der Waals surface area contributed by atoms with E-state index >= 15 is 0 Å². The van der Waals surface area contributed by atoms with Gasteiger partial charge in [0.15, 0.2) is 0 Å². The summed E-state index contributed by atoms with van der Waals surface area (Å²) in [5.41, 5.74) is 1.54. The van der Waals surface area contributed by atoms with Gasteiger partial charge >= 0.3 is 5.97 Å². The van der Waals surface area contributed by atoms with Gasteiger partial charge in [0.05, 0.1) is 5.57 Å². The van der Waals surface area contributed by atoms with Crippen molar-refractivity contribution >= 4 is 5.97 Å². The van der Waals surface area contributed by atoms with Crippen molar-refractivity contribution in [3.8, 4) is 0 Å². The summed E-state index contributed by atoms with van der Waals surface area (Å²) in [6.07, 6.45) is 3.46. The summed E-state index contributed by atoms with van der Waals surface area (Å²) >= 11 is 0. The van der Waals surface area contributed by atoms with E-state index in [1.807, 2.05) is 24.9 Å². The third kappa shape index (κ3) is 1.61. The first-order valence-electron chi connectivity index (χ1n) is 3.43. The van der Waals surface area contributed by atoms with Crippen molar-refractivity contribution in [1.82, 2.24) is 4.90 Å². The fourth-order valence-electron chi connectivity index (χ4n) is 0.920. The predicted octanol–water partition coefficient (Wildman–Crippen LogP) is 0.847. The van der Waals surface area contributed by atoms with Crippen LogP contribution in [0.25, 0.3) is 0 Å². The average molecular weight is 153 g/mol. The highest BCUT2D eigenvalue weighted by Gasteiger charge is 2.12. The Bertz CT molecular complexity index is 240. The molecule has 0 atom stereocenters. The van der Waals surface area contributed by atoms with Crippen molar-refractivity contribution in [2.75, 3.05) is 13.6 Å². The van der Waals surface area contributed by atoms with E-state index < -0.39 is 5.97 Å². The van der Waals surface area contributed by atoms with Gasteiger partial charge in [0.1, 0.15) is 0 Å². The van der Waals surface area contributed by atoms with Gasteiger partial charge in [-0.3, -0.25) is 0 Å². The maximum absolute atomic E-state index is 10.5. The van der Waals surface area contributed by atoms with Gasteiger partial charge in [0.25, 0.3) is 0 Å². The lowest BCUT2D eigenvalue weighted by Crippen LogP contribution is -2.24. The lowest BCUT2D eigenvalue weighted by Gasteiger charge is -2.22. The molecule has 60 valence electrons. The van der Waals surface area contributed by atoms with Crippen LogP contribution in [-0.2, 0) is 4.79 Å². The van der Waals surface area contributed by atoms with Gasteiger partial charge in [-0.1, -0.05) is 0 Å². The van der Waals surface area contributed by atoms with Gasteiger partial charge in [-0.2, -0.15) is 0 Å². The van der Waals surface area contributed by atoms with Crippen molar-refractivity contribution in [2.24, 2.45) is 0 Å². The summed E-state index contributed by atoms with van der Waals surface area (Å²) in [6, 6.07) is 0. The molecule has 0 bridgehead atoms. The summed E-state index contributed by atoms with van der Waals surface area (Å²) < 4.78 is 0. The van der Waals surface area contributed by atoms with Crippen LogP contribution in [0, 0.1) is 0 Å². The minimum absolute atomic E-state index is 0.443. The summed E-state index contributed by atoms with van der Waals surface area (Å²) in [5.74, 6) is -0.833. The zero-order chi connectivity index (χ0) is 8.43. The normalized spacial score (nSPS) is 17.5. The van der Waals surface area contributed by atoms with E-state index in [0.29, 0.717) is 12.1 Å². The number of allylic oxidation sites excluding steroid dienone is 3. The molecule has 1 rings (SSSR count). The first-order valence-corrected chi connectivity index (χ1v) is 3.43. The van der Waals surface area contributed by atoms with Gasteiger partial charge in [-0.15, -0.1) is 0 Å². The summed E-state index contributed by atoms with van der Waals surface area (Å²) in [4.78, 5) is 12.4. The molecule has 1 aliphatic heterocycles. The Hall–Kier alpha value is -1.25. The molecule has 0 radical (unpaired) electrons. The monoisotopic (exact) mass is 153 g/mol. The van der Waals surface area contributed by atoms with E-state index in [1.54, 1.807) is 6.08 Å². The zero-order valence-electron chi connectivity index (χ0n) is 6.66. The first-order chi connectivity index (χ1) is 5.11. The summed E-state index contributed by atoms with van der Waals surface area (Å²) in [5, 5.41) is 8.62. The van der Waals surface area contributed by atoms with Crippen LogP contribution in [0.15, 0.2) is 23.4 Å². The van der Waals surface area contributed by atoms with Gasteiger partial charge in [0, 0.05) is 19.3 Å². The second-order valence-electron chi connectivity index (χ2n) is 2.66. The molecule has 0 unspecified atom stereocenters. The molecule has 0 saturated heterocycles. The van der Waals surface area contributed by atoms with Crippen LogP contribution in [0.4, 0.5) is 0 Å². The summed E-state index contributed by atoms with van der Waals surface area (Å²) in [6.45, 7) is 2.45. The molecule has 0 saturated carbocycles. The van der Waals surface area contributed by atoms with Gasteiger partial charge in [-0.25, -0.2) is 4.79 Å². The number of carboxylic acid groups (broad SMARTS) is 1. The van der Waals surface area contributed by atoms with Crippen molar-refractivity contribution in [3.63, 3.8) is 0 Å². The summed E-state index contributed by atoms with van der Waals surface area (Å²) in [7, 11) is 1.88. The van der Waals surface area contributed by atoms with Crippen LogP contribution in [0.5, 0.6) is 0 Å². The average Bonchev–Trinajstić information content (AvgIpc) is 1.94. The van der Waals surface area contributed by atoms with E-state index in [9.17, 15) is 4.79 Å². The molecule has 1 N–H and O–H groups in total. The minimum Gasteiger partial charge on any atom is -0.478 e. The molecule has 1 heterocycles. The Morgan fingerprint density at radius 3 is 2.73 bits per heavy atom. The molecule has 0 aromatic heterocycles. The van der Waals surface area contributed by atoms with Gasteiger partial charge < -0.3 is 10.0 Å². The Morgan fingerprint density at radius 1 is 1.64 bits per heavy atom. The second kappa shape index (κ2) is 2.78. The van der Waals surface area contributed by atoms with Crippen LogP contribution in [-0.4, -0.2) is 29.6 Å². The van der Waals surface area contributed by atoms with E-state index in [1.165, 1.54) is 0 Å². The molecular formula is C8H11NO2. The molecule has 3 heteroatoms. The van der Waals surface area contributed by atoms with Crippen molar-refractivity contribution in [1.29, 1.82) is 0 Å². The molecule has 0 fully saturated rings. The van der Waals surface area contributed by atoms with Crippen molar-refractivity contribution in [3.05, 3.63) is 23.4 Å². The Kier molecular flexibility index (Phi) is 1.98.